The van der Waals surface area contributed by atoms with Crippen LogP contribution in [0.25, 0.3) is 0 Å². The van der Waals surface area contributed by atoms with Crippen molar-refractivity contribution >= 4 is 40.2 Å². The van der Waals surface area contributed by atoms with Crippen LogP contribution < -0.4 is 10.1 Å². The van der Waals surface area contributed by atoms with Crippen molar-refractivity contribution in [3.8, 4) is 5.75 Å². The molecule has 0 spiro atoms. The Labute approximate surface area is 176 Å². The van der Waals surface area contributed by atoms with Crippen molar-refractivity contribution in [2.75, 3.05) is 11.9 Å². The molecule has 5 nitrogen and oxygen atoms in total. The van der Waals surface area contributed by atoms with Crippen molar-refractivity contribution in [1.82, 2.24) is 0 Å². The maximum Gasteiger partial charge on any atom is 0.342 e. The number of halogens is 1. The van der Waals surface area contributed by atoms with Crippen LogP contribution >= 0.6 is 22.6 Å². The molecular formula is C22H18INO4. The maximum absolute atomic E-state index is 12.4. The average molecular weight is 487 g/mol. The fourth-order valence-corrected chi connectivity index (χ4v) is 2.98. The van der Waals surface area contributed by atoms with Crippen LogP contribution in [0.1, 0.15) is 15.9 Å². The van der Waals surface area contributed by atoms with Crippen LogP contribution in [0.4, 0.5) is 5.69 Å². The van der Waals surface area contributed by atoms with Gasteiger partial charge >= 0.3 is 5.97 Å². The Morgan fingerprint density at radius 2 is 1.54 bits per heavy atom. The second-order valence-electron chi connectivity index (χ2n) is 5.87. The third-order valence-corrected chi connectivity index (χ3v) is 4.77. The first kappa shape index (κ1) is 19.9. The summed E-state index contributed by atoms with van der Waals surface area (Å²) in [5.41, 5.74) is 1.94. The maximum atomic E-state index is 12.4. The van der Waals surface area contributed by atoms with E-state index in [1.807, 2.05) is 48.5 Å². The fraction of sp³-hybridized carbons (Fsp3) is 0.0909. The first-order valence-electron chi connectivity index (χ1n) is 8.61. The highest BCUT2D eigenvalue weighted by molar-refractivity contribution is 14.1. The second kappa shape index (κ2) is 9.89. The van der Waals surface area contributed by atoms with E-state index in [2.05, 4.69) is 27.9 Å². The molecule has 28 heavy (non-hydrogen) atoms. The number of hydrogen-bond donors (Lipinski definition) is 1. The lowest BCUT2D eigenvalue weighted by Gasteiger charge is -2.12. The molecule has 0 aliphatic carbocycles. The summed E-state index contributed by atoms with van der Waals surface area (Å²) in [5, 5.41) is 2.72. The molecule has 0 saturated carbocycles. The Balaban J connectivity index is 1.58. The Bertz CT molecular complexity index is 960. The van der Waals surface area contributed by atoms with Gasteiger partial charge in [-0.05, 0) is 52.4 Å². The van der Waals surface area contributed by atoms with Gasteiger partial charge in [-0.3, -0.25) is 4.79 Å². The van der Waals surface area contributed by atoms with Crippen LogP contribution in [0.3, 0.4) is 0 Å². The monoisotopic (exact) mass is 487 g/mol. The molecule has 0 fully saturated rings. The molecule has 0 saturated heterocycles. The predicted octanol–water partition coefficient (Wildman–Crippen LogP) is 4.67. The molecule has 3 rings (SSSR count). The van der Waals surface area contributed by atoms with Crippen LogP contribution in [-0.2, 0) is 16.1 Å². The molecule has 6 heteroatoms. The van der Waals surface area contributed by atoms with Gasteiger partial charge in [0.2, 0.25) is 0 Å². The molecule has 0 aliphatic heterocycles. The Morgan fingerprint density at radius 1 is 0.857 bits per heavy atom. The number of rotatable bonds is 7. The minimum atomic E-state index is -0.610. The number of para-hydroxylation sites is 2. The smallest absolute Gasteiger partial charge is 0.342 e. The number of esters is 1. The van der Waals surface area contributed by atoms with Crippen molar-refractivity contribution in [2.24, 2.45) is 0 Å². The lowest BCUT2D eigenvalue weighted by atomic mass is 10.2. The lowest BCUT2D eigenvalue weighted by Crippen LogP contribution is -2.21. The summed E-state index contributed by atoms with van der Waals surface area (Å²) in [6.07, 6.45) is 0. The van der Waals surface area contributed by atoms with Crippen LogP contribution in [0.15, 0.2) is 78.9 Å². The van der Waals surface area contributed by atoms with Crippen LogP contribution in [0.5, 0.6) is 5.75 Å². The molecule has 0 bridgehead atoms. The summed E-state index contributed by atoms with van der Waals surface area (Å²) in [4.78, 5) is 24.5. The van der Waals surface area contributed by atoms with E-state index in [-0.39, 0.29) is 12.2 Å². The van der Waals surface area contributed by atoms with E-state index in [0.717, 1.165) is 9.13 Å². The van der Waals surface area contributed by atoms with Gasteiger partial charge in [-0.15, -0.1) is 0 Å². The number of hydrogen-bond acceptors (Lipinski definition) is 4. The molecule has 0 atom stereocenters. The zero-order chi connectivity index (χ0) is 19.8. The number of ether oxygens (including phenoxy) is 2. The summed E-state index contributed by atoms with van der Waals surface area (Å²) >= 11 is 2.12. The van der Waals surface area contributed by atoms with E-state index in [1.54, 1.807) is 30.3 Å². The molecule has 1 amide bonds. The Kier molecular flexibility index (Phi) is 7.02. The van der Waals surface area contributed by atoms with Gasteiger partial charge in [0, 0.05) is 3.57 Å². The third-order valence-electron chi connectivity index (χ3n) is 3.83. The van der Waals surface area contributed by atoms with Crippen molar-refractivity contribution in [2.45, 2.75) is 6.61 Å². The highest BCUT2D eigenvalue weighted by Crippen LogP contribution is 2.21. The zero-order valence-electron chi connectivity index (χ0n) is 14.9. The predicted molar refractivity (Wildman–Crippen MR) is 115 cm³/mol. The average Bonchev–Trinajstić information content (AvgIpc) is 2.73. The van der Waals surface area contributed by atoms with E-state index in [0.29, 0.717) is 18.0 Å². The first-order valence-corrected chi connectivity index (χ1v) is 9.68. The van der Waals surface area contributed by atoms with Crippen LogP contribution in [0.2, 0.25) is 0 Å². The quantitative estimate of drug-likeness (QED) is 0.389. The molecule has 1 N–H and O–H groups in total. The molecule has 0 aromatic heterocycles. The summed E-state index contributed by atoms with van der Waals surface area (Å²) < 4.78 is 11.8. The highest BCUT2D eigenvalue weighted by Gasteiger charge is 2.16. The summed E-state index contributed by atoms with van der Waals surface area (Å²) in [7, 11) is 0. The summed E-state index contributed by atoms with van der Waals surface area (Å²) in [6.45, 7) is -0.0467. The Hall–Kier alpha value is -2.87. The second-order valence-corrected chi connectivity index (χ2v) is 7.04. The molecule has 3 aromatic carbocycles. The van der Waals surface area contributed by atoms with E-state index in [9.17, 15) is 9.59 Å². The minimum Gasteiger partial charge on any atom is -0.488 e. The van der Waals surface area contributed by atoms with Crippen molar-refractivity contribution in [3.05, 3.63) is 93.6 Å². The van der Waals surface area contributed by atoms with Gasteiger partial charge in [-0.1, -0.05) is 54.6 Å². The standard InChI is InChI=1S/C22H18INO4/c23-18-11-5-6-12-19(18)24-21(25)15-28-22(26)17-10-4-7-13-20(17)27-14-16-8-2-1-3-9-16/h1-13H,14-15H2,(H,24,25). The van der Waals surface area contributed by atoms with Gasteiger partial charge in [0.15, 0.2) is 6.61 Å². The molecule has 142 valence electrons. The zero-order valence-corrected chi connectivity index (χ0v) is 17.1. The van der Waals surface area contributed by atoms with Crippen molar-refractivity contribution in [3.63, 3.8) is 0 Å². The normalized spacial score (nSPS) is 10.2. The molecule has 3 aromatic rings. The van der Waals surface area contributed by atoms with Crippen molar-refractivity contribution in [1.29, 1.82) is 0 Å². The first-order chi connectivity index (χ1) is 13.6. The number of carbonyl (C=O) groups is 2. The Morgan fingerprint density at radius 3 is 2.32 bits per heavy atom. The summed E-state index contributed by atoms with van der Waals surface area (Å²) in [6, 6.07) is 23.8. The SMILES string of the molecule is O=C(COC(=O)c1ccccc1OCc1ccccc1)Nc1ccccc1I. The molecule has 0 heterocycles. The molecular weight excluding hydrogens is 469 g/mol. The van der Waals surface area contributed by atoms with Gasteiger partial charge in [0.05, 0.1) is 5.69 Å². The van der Waals surface area contributed by atoms with Gasteiger partial charge in [-0.25, -0.2) is 4.79 Å². The van der Waals surface area contributed by atoms with Crippen LogP contribution in [0, 0.1) is 3.57 Å². The number of carbonyl (C=O) groups excluding carboxylic acids is 2. The molecule has 0 aliphatic rings. The van der Waals surface area contributed by atoms with E-state index in [4.69, 9.17) is 9.47 Å². The van der Waals surface area contributed by atoms with E-state index >= 15 is 0 Å². The van der Waals surface area contributed by atoms with E-state index < -0.39 is 11.9 Å². The van der Waals surface area contributed by atoms with E-state index in [1.165, 1.54) is 0 Å². The largest absolute Gasteiger partial charge is 0.488 e. The fourth-order valence-electron chi connectivity index (χ4n) is 2.45. The van der Waals surface area contributed by atoms with Crippen LogP contribution in [-0.4, -0.2) is 18.5 Å². The topological polar surface area (TPSA) is 64.6 Å². The van der Waals surface area contributed by atoms with Gasteiger partial charge in [0.25, 0.3) is 5.91 Å². The number of anilines is 1. The van der Waals surface area contributed by atoms with Gasteiger partial charge < -0.3 is 14.8 Å². The molecule has 0 radical (unpaired) electrons. The third kappa shape index (κ3) is 5.56. The van der Waals surface area contributed by atoms with Gasteiger partial charge in [-0.2, -0.15) is 0 Å². The molecule has 0 unspecified atom stereocenters. The van der Waals surface area contributed by atoms with Gasteiger partial charge in [0.1, 0.15) is 17.9 Å². The lowest BCUT2D eigenvalue weighted by molar-refractivity contribution is -0.119. The number of benzene rings is 3. The minimum absolute atomic E-state index is 0.278. The summed E-state index contributed by atoms with van der Waals surface area (Å²) in [5.74, 6) is -0.601. The number of amides is 1. The van der Waals surface area contributed by atoms with Crippen molar-refractivity contribution < 1.29 is 19.1 Å². The highest BCUT2D eigenvalue weighted by atomic mass is 127. The number of nitrogens with one attached hydrogen (secondary N) is 1.